The van der Waals surface area contributed by atoms with E-state index in [-0.39, 0.29) is 12.1 Å². The maximum absolute atomic E-state index is 13.8. The lowest BCUT2D eigenvalue weighted by molar-refractivity contribution is 0.139. The number of carbonyl (C=O) groups is 1. The Kier molecular flexibility index (Phi) is 2.89. The SMILES string of the molecule is O=C(O)N1CCc2c(-c3cc(F)ccc3F)n[nH]c2C1. The zero-order valence-electron chi connectivity index (χ0n) is 10.4. The topological polar surface area (TPSA) is 69.2 Å². The van der Waals surface area contributed by atoms with Crippen molar-refractivity contribution in [3.8, 4) is 11.3 Å². The molecule has 1 aliphatic rings. The number of aromatic nitrogens is 2. The van der Waals surface area contributed by atoms with E-state index in [9.17, 15) is 13.6 Å². The van der Waals surface area contributed by atoms with Crippen molar-refractivity contribution in [2.24, 2.45) is 0 Å². The summed E-state index contributed by atoms with van der Waals surface area (Å²) in [6.45, 7) is 0.487. The second-order valence-corrected chi connectivity index (χ2v) is 4.61. The number of hydrogen-bond donors (Lipinski definition) is 2. The highest BCUT2D eigenvalue weighted by molar-refractivity contribution is 5.68. The van der Waals surface area contributed by atoms with Crippen molar-refractivity contribution in [3.63, 3.8) is 0 Å². The minimum absolute atomic E-state index is 0.0891. The van der Waals surface area contributed by atoms with Gasteiger partial charge in [0.2, 0.25) is 0 Å². The molecule has 1 aliphatic heterocycles. The first-order chi connectivity index (χ1) is 9.56. The average Bonchev–Trinajstić information content (AvgIpc) is 2.84. The highest BCUT2D eigenvalue weighted by atomic mass is 19.1. The molecule has 0 spiro atoms. The summed E-state index contributed by atoms with van der Waals surface area (Å²) in [5, 5.41) is 15.7. The third kappa shape index (κ3) is 2.01. The van der Waals surface area contributed by atoms with E-state index in [0.717, 1.165) is 23.8 Å². The number of carboxylic acid groups (broad SMARTS) is 1. The molecule has 0 fully saturated rings. The predicted octanol–water partition coefficient (Wildman–Crippen LogP) is 2.39. The number of benzene rings is 1. The van der Waals surface area contributed by atoms with Crippen LogP contribution in [0.15, 0.2) is 18.2 Å². The number of nitrogens with zero attached hydrogens (tertiary/aromatic N) is 2. The molecule has 2 N–H and O–H groups in total. The van der Waals surface area contributed by atoms with Gasteiger partial charge in [0, 0.05) is 17.7 Å². The van der Waals surface area contributed by atoms with Gasteiger partial charge in [-0.3, -0.25) is 5.10 Å². The van der Waals surface area contributed by atoms with Crippen LogP contribution in [-0.4, -0.2) is 32.8 Å². The quantitative estimate of drug-likeness (QED) is 0.842. The highest BCUT2D eigenvalue weighted by Gasteiger charge is 2.26. The molecular formula is C13H11F2N3O2. The number of aromatic amines is 1. The number of halogens is 2. The van der Waals surface area contributed by atoms with Crippen LogP contribution < -0.4 is 0 Å². The van der Waals surface area contributed by atoms with Crippen molar-refractivity contribution >= 4 is 6.09 Å². The summed E-state index contributed by atoms with van der Waals surface area (Å²) < 4.78 is 27.0. The fourth-order valence-corrected chi connectivity index (χ4v) is 2.38. The van der Waals surface area contributed by atoms with Crippen molar-refractivity contribution < 1.29 is 18.7 Å². The van der Waals surface area contributed by atoms with Gasteiger partial charge in [0.15, 0.2) is 0 Å². The first kappa shape index (κ1) is 12.6. The molecule has 0 bridgehead atoms. The monoisotopic (exact) mass is 279 g/mol. The molecule has 0 aliphatic carbocycles. The Hall–Kier alpha value is -2.44. The van der Waals surface area contributed by atoms with Gasteiger partial charge in [-0.05, 0) is 24.6 Å². The zero-order valence-corrected chi connectivity index (χ0v) is 10.4. The summed E-state index contributed by atoms with van der Waals surface area (Å²) >= 11 is 0. The molecule has 0 radical (unpaired) electrons. The highest BCUT2D eigenvalue weighted by Crippen LogP contribution is 2.30. The fourth-order valence-electron chi connectivity index (χ4n) is 2.38. The van der Waals surface area contributed by atoms with Gasteiger partial charge in [-0.15, -0.1) is 0 Å². The van der Waals surface area contributed by atoms with Crippen LogP contribution in [0.25, 0.3) is 11.3 Å². The number of H-pyrrole nitrogens is 1. The maximum atomic E-state index is 13.8. The molecule has 7 heteroatoms. The number of hydrogen-bond acceptors (Lipinski definition) is 2. The minimum atomic E-state index is -1.01. The van der Waals surface area contributed by atoms with Crippen LogP contribution in [-0.2, 0) is 13.0 Å². The number of amides is 1. The second kappa shape index (κ2) is 4.59. The smallest absolute Gasteiger partial charge is 0.407 e. The van der Waals surface area contributed by atoms with E-state index in [2.05, 4.69) is 10.2 Å². The van der Waals surface area contributed by atoms with Crippen molar-refractivity contribution in [2.75, 3.05) is 6.54 Å². The summed E-state index contributed by atoms with van der Waals surface area (Å²) in [7, 11) is 0. The molecule has 3 rings (SSSR count). The van der Waals surface area contributed by atoms with E-state index in [4.69, 9.17) is 5.11 Å². The van der Waals surface area contributed by atoms with Crippen LogP contribution >= 0.6 is 0 Å². The standard InChI is InChI=1S/C13H11F2N3O2/c14-7-1-2-10(15)9(5-7)12-8-3-4-18(13(19)20)6-11(8)16-17-12/h1-2,5H,3-4,6H2,(H,16,17)(H,19,20). The lowest BCUT2D eigenvalue weighted by Crippen LogP contribution is -2.34. The van der Waals surface area contributed by atoms with E-state index in [1.807, 2.05) is 0 Å². The largest absolute Gasteiger partial charge is 0.465 e. The van der Waals surface area contributed by atoms with Gasteiger partial charge in [-0.2, -0.15) is 5.10 Å². The molecule has 2 aromatic rings. The average molecular weight is 279 g/mol. The molecule has 0 atom stereocenters. The Bertz CT molecular complexity index is 684. The molecule has 1 aromatic carbocycles. The van der Waals surface area contributed by atoms with Crippen LogP contribution in [0.5, 0.6) is 0 Å². The molecule has 1 aromatic heterocycles. The summed E-state index contributed by atoms with van der Waals surface area (Å²) in [6.07, 6.45) is -0.590. The van der Waals surface area contributed by atoms with Gasteiger partial charge in [0.25, 0.3) is 0 Å². The Morgan fingerprint density at radius 3 is 2.95 bits per heavy atom. The molecule has 104 valence electrons. The molecule has 0 saturated heterocycles. The van der Waals surface area contributed by atoms with Gasteiger partial charge in [0.1, 0.15) is 11.6 Å². The van der Waals surface area contributed by atoms with E-state index in [1.54, 1.807) is 0 Å². The molecule has 1 amide bonds. The minimum Gasteiger partial charge on any atom is -0.465 e. The molecule has 0 saturated carbocycles. The van der Waals surface area contributed by atoms with E-state index >= 15 is 0 Å². The van der Waals surface area contributed by atoms with Crippen molar-refractivity contribution in [1.29, 1.82) is 0 Å². The second-order valence-electron chi connectivity index (χ2n) is 4.61. The van der Waals surface area contributed by atoms with Gasteiger partial charge >= 0.3 is 6.09 Å². The van der Waals surface area contributed by atoms with Gasteiger partial charge < -0.3 is 10.0 Å². The maximum Gasteiger partial charge on any atom is 0.407 e. The number of nitrogens with one attached hydrogen (secondary N) is 1. The third-order valence-electron chi connectivity index (χ3n) is 3.39. The molecule has 0 unspecified atom stereocenters. The van der Waals surface area contributed by atoms with Gasteiger partial charge in [-0.25, -0.2) is 13.6 Å². The van der Waals surface area contributed by atoms with E-state index in [1.165, 1.54) is 4.90 Å². The molecule has 20 heavy (non-hydrogen) atoms. The Morgan fingerprint density at radius 2 is 2.20 bits per heavy atom. The van der Waals surface area contributed by atoms with Crippen molar-refractivity contribution in [1.82, 2.24) is 15.1 Å². The Balaban J connectivity index is 2.02. The first-order valence-corrected chi connectivity index (χ1v) is 6.05. The van der Waals surface area contributed by atoms with Crippen molar-refractivity contribution in [2.45, 2.75) is 13.0 Å². The van der Waals surface area contributed by atoms with Gasteiger partial charge in [0.05, 0.1) is 17.9 Å². The zero-order chi connectivity index (χ0) is 14.3. The van der Waals surface area contributed by atoms with Crippen LogP contribution in [0.3, 0.4) is 0 Å². The van der Waals surface area contributed by atoms with Crippen LogP contribution in [0.4, 0.5) is 13.6 Å². The predicted molar refractivity (Wildman–Crippen MR) is 66.1 cm³/mol. The third-order valence-corrected chi connectivity index (χ3v) is 3.39. The van der Waals surface area contributed by atoms with Gasteiger partial charge in [-0.1, -0.05) is 0 Å². The van der Waals surface area contributed by atoms with Crippen molar-refractivity contribution in [3.05, 3.63) is 41.1 Å². The lowest BCUT2D eigenvalue weighted by Gasteiger charge is -2.23. The van der Waals surface area contributed by atoms with Crippen LogP contribution in [0.1, 0.15) is 11.3 Å². The number of rotatable bonds is 1. The van der Waals surface area contributed by atoms with E-state index < -0.39 is 17.7 Å². The molecular weight excluding hydrogens is 268 g/mol. The Morgan fingerprint density at radius 1 is 1.40 bits per heavy atom. The van der Waals surface area contributed by atoms with Crippen LogP contribution in [0, 0.1) is 11.6 Å². The number of fused-ring (bicyclic) bond motifs is 1. The lowest BCUT2D eigenvalue weighted by atomic mass is 10.00. The summed E-state index contributed by atoms with van der Waals surface area (Å²) in [5.41, 5.74) is 1.80. The summed E-state index contributed by atoms with van der Waals surface area (Å²) in [6, 6.07) is 3.19. The first-order valence-electron chi connectivity index (χ1n) is 6.05. The normalized spacial score (nSPS) is 14.2. The summed E-state index contributed by atoms with van der Waals surface area (Å²) in [4.78, 5) is 12.2. The molecule has 5 nitrogen and oxygen atoms in total. The fraction of sp³-hybridized carbons (Fsp3) is 0.231. The summed E-state index contributed by atoms with van der Waals surface area (Å²) in [5.74, 6) is -1.09. The van der Waals surface area contributed by atoms with Crippen LogP contribution in [0.2, 0.25) is 0 Å². The molecule has 2 heterocycles. The Labute approximate surface area is 112 Å². The van der Waals surface area contributed by atoms with E-state index in [0.29, 0.717) is 24.4 Å².